The van der Waals surface area contributed by atoms with E-state index in [9.17, 15) is 8.42 Å². The first-order valence-corrected chi connectivity index (χ1v) is 8.20. The lowest BCUT2D eigenvalue weighted by atomic mass is 9.98. The molecule has 2 heterocycles. The molecule has 1 aliphatic rings. The summed E-state index contributed by atoms with van der Waals surface area (Å²) in [6.07, 6.45) is 3.38. The second-order valence-corrected chi connectivity index (χ2v) is 6.78. The van der Waals surface area contributed by atoms with E-state index in [1.165, 1.54) is 4.68 Å². The van der Waals surface area contributed by atoms with E-state index in [1.807, 2.05) is 14.0 Å². The van der Waals surface area contributed by atoms with Gasteiger partial charge in [-0.15, -0.1) is 12.4 Å². The van der Waals surface area contributed by atoms with Crippen molar-refractivity contribution in [3.8, 4) is 0 Å². The maximum Gasteiger partial charge on any atom is 0.260 e. The molecule has 0 radical (unpaired) electrons. The maximum absolute atomic E-state index is 12.5. The summed E-state index contributed by atoms with van der Waals surface area (Å²) in [4.78, 5) is 0. The number of aryl methyl sites for hydroxylation is 1. The fourth-order valence-electron chi connectivity index (χ4n) is 2.55. The molecule has 1 aromatic heterocycles. The van der Waals surface area contributed by atoms with Crippen LogP contribution in [0.5, 0.6) is 0 Å². The molecule has 0 amide bonds. The molecule has 1 N–H and O–H groups in total. The number of hydrogen-bond donors (Lipinski definition) is 1. The van der Waals surface area contributed by atoms with Crippen molar-refractivity contribution in [1.82, 2.24) is 19.4 Å². The maximum atomic E-state index is 12.5. The van der Waals surface area contributed by atoms with Gasteiger partial charge in [0, 0.05) is 19.6 Å². The van der Waals surface area contributed by atoms with Crippen LogP contribution >= 0.6 is 12.4 Å². The van der Waals surface area contributed by atoms with Crippen molar-refractivity contribution in [2.24, 2.45) is 5.92 Å². The van der Waals surface area contributed by atoms with Gasteiger partial charge in [-0.1, -0.05) is 0 Å². The third-order valence-electron chi connectivity index (χ3n) is 3.65. The molecule has 1 aromatic rings. The van der Waals surface area contributed by atoms with E-state index in [1.54, 1.807) is 16.6 Å². The summed E-state index contributed by atoms with van der Waals surface area (Å²) in [5.41, 5.74) is 0. The van der Waals surface area contributed by atoms with Crippen LogP contribution in [0.3, 0.4) is 0 Å². The molecular weight excluding hydrogens is 300 g/mol. The molecular formula is C12H23ClN4O2S. The van der Waals surface area contributed by atoms with Gasteiger partial charge < -0.3 is 5.32 Å². The fourth-order valence-corrected chi connectivity index (χ4v) is 4.18. The third-order valence-corrected chi connectivity index (χ3v) is 5.57. The molecule has 2 rings (SSSR count). The van der Waals surface area contributed by atoms with E-state index in [0.717, 1.165) is 19.4 Å². The van der Waals surface area contributed by atoms with Gasteiger partial charge in [0.1, 0.15) is 0 Å². The quantitative estimate of drug-likeness (QED) is 0.876. The smallest absolute Gasteiger partial charge is 0.260 e. The van der Waals surface area contributed by atoms with Crippen LogP contribution in [0.1, 0.15) is 19.8 Å². The van der Waals surface area contributed by atoms with Crippen LogP contribution in [0.4, 0.5) is 0 Å². The van der Waals surface area contributed by atoms with Gasteiger partial charge in [0.2, 0.25) is 0 Å². The molecule has 1 saturated heterocycles. The van der Waals surface area contributed by atoms with E-state index in [2.05, 4.69) is 10.4 Å². The average molecular weight is 323 g/mol. The molecule has 0 atom stereocenters. The van der Waals surface area contributed by atoms with E-state index < -0.39 is 10.0 Å². The van der Waals surface area contributed by atoms with E-state index in [4.69, 9.17) is 0 Å². The number of nitrogens with zero attached hydrogens (tertiary/aromatic N) is 3. The van der Waals surface area contributed by atoms with Gasteiger partial charge in [-0.25, -0.2) is 8.42 Å². The summed E-state index contributed by atoms with van der Waals surface area (Å²) >= 11 is 0. The zero-order valence-electron chi connectivity index (χ0n) is 11.9. The molecule has 20 heavy (non-hydrogen) atoms. The average Bonchev–Trinajstić information content (AvgIpc) is 2.89. The number of hydrogen-bond acceptors (Lipinski definition) is 4. The number of sulfonamides is 1. The minimum atomic E-state index is -3.39. The van der Waals surface area contributed by atoms with Crippen molar-refractivity contribution < 1.29 is 8.42 Å². The molecule has 0 aliphatic carbocycles. The second-order valence-electron chi connectivity index (χ2n) is 4.89. The number of piperidine rings is 1. The molecule has 0 saturated carbocycles. The number of rotatable bonds is 5. The van der Waals surface area contributed by atoms with Gasteiger partial charge in [-0.3, -0.25) is 4.68 Å². The van der Waals surface area contributed by atoms with Crippen LogP contribution in [-0.4, -0.2) is 49.2 Å². The first kappa shape index (κ1) is 17.4. The van der Waals surface area contributed by atoms with Crippen LogP contribution in [0, 0.1) is 5.92 Å². The Morgan fingerprint density at radius 2 is 2.05 bits per heavy atom. The van der Waals surface area contributed by atoms with Gasteiger partial charge in [-0.2, -0.15) is 9.40 Å². The molecule has 1 aliphatic heterocycles. The zero-order chi connectivity index (χ0) is 13.9. The topological polar surface area (TPSA) is 67.2 Å². The van der Waals surface area contributed by atoms with Gasteiger partial charge in [-0.05, 0) is 45.3 Å². The Hall–Kier alpha value is -0.630. The van der Waals surface area contributed by atoms with Crippen LogP contribution in [0.2, 0.25) is 0 Å². The van der Waals surface area contributed by atoms with Gasteiger partial charge in [0.25, 0.3) is 10.0 Å². The largest absolute Gasteiger partial charge is 0.319 e. The summed E-state index contributed by atoms with van der Waals surface area (Å²) in [7, 11) is -1.45. The number of halogens is 1. The molecule has 116 valence electrons. The lowest BCUT2D eigenvalue weighted by Gasteiger charge is -2.31. The van der Waals surface area contributed by atoms with Crippen molar-refractivity contribution >= 4 is 22.4 Å². The normalized spacial score (nSPS) is 17.9. The van der Waals surface area contributed by atoms with Crippen molar-refractivity contribution in [3.05, 3.63) is 12.3 Å². The van der Waals surface area contributed by atoms with E-state index >= 15 is 0 Å². The van der Waals surface area contributed by atoms with E-state index in [-0.39, 0.29) is 12.4 Å². The molecule has 6 nitrogen and oxygen atoms in total. The standard InChI is InChI=1S/C12H22N4O2S.ClH/c1-3-16-12(4-7-14-16)19(17,18)15-8-5-11(6-9-15)10-13-2;/h4,7,11,13H,3,5-6,8-10H2,1-2H3;1H. The van der Waals surface area contributed by atoms with Crippen LogP contribution in [-0.2, 0) is 16.6 Å². The summed E-state index contributed by atoms with van der Waals surface area (Å²) in [5.74, 6) is 0.576. The Bertz CT molecular complexity index is 509. The van der Waals surface area contributed by atoms with Crippen molar-refractivity contribution in [2.75, 3.05) is 26.7 Å². The van der Waals surface area contributed by atoms with Gasteiger partial charge in [0.15, 0.2) is 5.03 Å². The highest BCUT2D eigenvalue weighted by Gasteiger charge is 2.31. The van der Waals surface area contributed by atoms with Gasteiger partial charge in [0.05, 0.1) is 6.20 Å². The molecule has 0 aromatic carbocycles. The second kappa shape index (κ2) is 7.40. The fraction of sp³-hybridized carbons (Fsp3) is 0.750. The lowest BCUT2D eigenvalue weighted by Crippen LogP contribution is -2.41. The SMILES string of the molecule is CCn1nccc1S(=O)(=O)N1CCC(CNC)CC1.Cl. The monoisotopic (exact) mass is 322 g/mol. The summed E-state index contributed by atoms with van der Waals surface area (Å²) in [6, 6.07) is 1.58. The van der Waals surface area contributed by atoms with Crippen molar-refractivity contribution in [2.45, 2.75) is 31.3 Å². The number of aromatic nitrogens is 2. The van der Waals surface area contributed by atoms with Crippen molar-refractivity contribution in [1.29, 1.82) is 0 Å². The highest BCUT2D eigenvalue weighted by molar-refractivity contribution is 7.89. The molecule has 1 fully saturated rings. The minimum Gasteiger partial charge on any atom is -0.319 e. The predicted molar refractivity (Wildman–Crippen MR) is 80.6 cm³/mol. The molecule has 8 heteroatoms. The predicted octanol–water partition coefficient (Wildman–Crippen LogP) is 0.945. The lowest BCUT2D eigenvalue weighted by molar-refractivity contribution is 0.269. The van der Waals surface area contributed by atoms with Crippen LogP contribution in [0.15, 0.2) is 17.3 Å². The van der Waals surface area contributed by atoms with Crippen molar-refractivity contribution in [3.63, 3.8) is 0 Å². The zero-order valence-corrected chi connectivity index (χ0v) is 13.6. The Balaban J connectivity index is 0.00000200. The molecule has 0 spiro atoms. The summed E-state index contributed by atoms with van der Waals surface area (Å²) < 4.78 is 28.2. The summed E-state index contributed by atoms with van der Waals surface area (Å²) in [6.45, 7) is 4.62. The highest BCUT2D eigenvalue weighted by Crippen LogP contribution is 2.23. The Kier molecular flexibility index (Phi) is 6.44. The van der Waals surface area contributed by atoms with Crippen LogP contribution < -0.4 is 5.32 Å². The molecule has 0 bridgehead atoms. The Morgan fingerprint density at radius 1 is 1.40 bits per heavy atom. The number of nitrogens with one attached hydrogen (secondary N) is 1. The van der Waals surface area contributed by atoms with E-state index in [0.29, 0.717) is 30.6 Å². The first-order valence-electron chi connectivity index (χ1n) is 6.76. The Labute approximate surface area is 127 Å². The van der Waals surface area contributed by atoms with Gasteiger partial charge >= 0.3 is 0 Å². The van der Waals surface area contributed by atoms with Crippen LogP contribution in [0.25, 0.3) is 0 Å². The first-order chi connectivity index (χ1) is 9.09. The minimum absolute atomic E-state index is 0. The summed E-state index contributed by atoms with van der Waals surface area (Å²) in [5, 5.41) is 7.50. The third kappa shape index (κ3) is 3.52. The highest BCUT2D eigenvalue weighted by atomic mass is 35.5. The Morgan fingerprint density at radius 3 is 2.60 bits per heavy atom. The molecule has 0 unspecified atom stereocenters.